The van der Waals surface area contributed by atoms with Gasteiger partial charge in [-0.1, -0.05) is 13.8 Å². The Labute approximate surface area is 132 Å². The van der Waals surface area contributed by atoms with Crippen molar-refractivity contribution in [3.63, 3.8) is 0 Å². The third-order valence-corrected chi connectivity index (χ3v) is 3.52. The highest BCUT2D eigenvalue weighted by Crippen LogP contribution is 2.20. The van der Waals surface area contributed by atoms with Crippen molar-refractivity contribution in [1.82, 2.24) is 9.97 Å². The van der Waals surface area contributed by atoms with Crippen LogP contribution in [0.3, 0.4) is 0 Å². The average molecular weight is 299 g/mol. The van der Waals surface area contributed by atoms with Crippen molar-refractivity contribution in [3.8, 4) is 0 Å². The van der Waals surface area contributed by atoms with Gasteiger partial charge in [-0.15, -0.1) is 0 Å². The fourth-order valence-corrected chi connectivity index (χ4v) is 2.43. The van der Waals surface area contributed by atoms with Crippen LogP contribution in [0.2, 0.25) is 0 Å². The number of aromatic nitrogens is 2. The van der Waals surface area contributed by atoms with E-state index in [2.05, 4.69) is 36.1 Å². The van der Waals surface area contributed by atoms with Crippen molar-refractivity contribution in [2.75, 3.05) is 5.32 Å². The van der Waals surface area contributed by atoms with E-state index in [1.807, 2.05) is 32.0 Å². The lowest BCUT2D eigenvalue weighted by Gasteiger charge is -2.22. The normalized spacial score (nSPS) is 13.1. The fraction of sp³-hybridized carbons (Fsp3) is 0.500. The van der Waals surface area contributed by atoms with Crippen LogP contribution in [-0.4, -0.2) is 21.3 Å². The van der Waals surface area contributed by atoms with Gasteiger partial charge in [0.05, 0.1) is 16.7 Å². The monoisotopic (exact) mass is 299 g/mol. The van der Waals surface area contributed by atoms with Crippen molar-refractivity contribution < 1.29 is 4.79 Å². The molecule has 0 bridgehead atoms. The van der Waals surface area contributed by atoms with Crippen LogP contribution in [0.15, 0.2) is 24.4 Å². The van der Waals surface area contributed by atoms with Crippen LogP contribution in [0, 0.1) is 5.92 Å². The molecule has 2 aromatic rings. The molecule has 1 unspecified atom stereocenters. The third kappa shape index (κ3) is 4.26. The Morgan fingerprint density at radius 2 is 2.00 bits per heavy atom. The standard InChI is InChI=1S/C18H25N3O/c1-6-17(22)12(2)9-14-11-19-16-10-13(21-18(3,4)5)7-8-15(16)20-14/h7-8,10-12,21H,6,9H2,1-5H3. The summed E-state index contributed by atoms with van der Waals surface area (Å²) in [6, 6.07) is 6.01. The van der Waals surface area contributed by atoms with Crippen LogP contribution < -0.4 is 5.32 Å². The van der Waals surface area contributed by atoms with E-state index < -0.39 is 0 Å². The van der Waals surface area contributed by atoms with E-state index in [0.29, 0.717) is 12.8 Å². The number of fused-ring (bicyclic) bond motifs is 1. The average Bonchev–Trinajstić information content (AvgIpc) is 2.44. The van der Waals surface area contributed by atoms with Crippen LogP contribution >= 0.6 is 0 Å². The molecular weight excluding hydrogens is 274 g/mol. The van der Waals surface area contributed by atoms with Gasteiger partial charge in [0.2, 0.25) is 0 Å². The molecule has 0 amide bonds. The van der Waals surface area contributed by atoms with Crippen LogP contribution in [0.4, 0.5) is 5.69 Å². The highest BCUT2D eigenvalue weighted by molar-refractivity contribution is 5.81. The predicted octanol–water partition coefficient (Wildman–Crippen LogP) is 4.00. The van der Waals surface area contributed by atoms with E-state index in [0.717, 1.165) is 22.4 Å². The molecule has 0 saturated heterocycles. The van der Waals surface area contributed by atoms with Gasteiger partial charge in [0.25, 0.3) is 0 Å². The molecule has 0 fully saturated rings. The highest BCUT2D eigenvalue weighted by atomic mass is 16.1. The molecule has 0 aliphatic rings. The van der Waals surface area contributed by atoms with E-state index in [1.165, 1.54) is 0 Å². The Morgan fingerprint density at radius 3 is 2.64 bits per heavy atom. The first-order chi connectivity index (χ1) is 10.3. The first-order valence-electron chi connectivity index (χ1n) is 7.85. The number of carbonyl (C=O) groups is 1. The van der Waals surface area contributed by atoms with Gasteiger partial charge < -0.3 is 5.32 Å². The molecule has 0 aliphatic heterocycles. The Bertz CT molecular complexity index is 674. The van der Waals surface area contributed by atoms with Gasteiger partial charge in [-0.05, 0) is 39.0 Å². The van der Waals surface area contributed by atoms with E-state index >= 15 is 0 Å². The number of nitrogens with zero attached hydrogens (tertiary/aromatic N) is 2. The molecule has 1 N–H and O–H groups in total. The first-order valence-corrected chi connectivity index (χ1v) is 7.85. The van der Waals surface area contributed by atoms with Gasteiger partial charge in [-0.3, -0.25) is 9.78 Å². The second-order valence-electron chi connectivity index (χ2n) is 6.86. The lowest BCUT2D eigenvalue weighted by Crippen LogP contribution is -2.25. The number of hydrogen-bond acceptors (Lipinski definition) is 4. The number of benzene rings is 1. The maximum Gasteiger partial charge on any atom is 0.135 e. The van der Waals surface area contributed by atoms with Gasteiger partial charge in [0.1, 0.15) is 5.78 Å². The number of Topliss-reactive ketones (excluding diaryl/α,β-unsaturated/α-hetero) is 1. The molecule has 4 nitrogen and oxygen atoms in total. The van der Waals surface area contributed by atoms with E-state index in [9.17, 15) is 4.79 Å². The summed E-state index contributed by atoms with van der Waals surface area (Å²) in [7, 11) is 0. The summed E-state index contributed by atoms with van der Waals surface area (Å²) >= 11 is 0. The summed E-state index contributed by atoms with van der Waals surface area (Å²) in [5.41, 5.74) is 3.66. The number of carbonyl (C=O) groups excluding carboxylic acids is 1. The predicted molar refractivity (Wildman–Crippen MR) is 91.1 cm³/mol. The molecular formula is C18H25N3O. The highest BCUT2D eigenvalue weighted by Gasteiger charge is 2.13. The summed E-state index contributed by atoms with van der Waals surface area (Å²) in [4.78, 5) is 20.8. The Kier molecular flexibility index (Phi) is 4.79. The number of ketones is 1. The molecule has 0 aliphatic carbocycles. The molecule has 118 valence electrons. The van der Waals surface area contributed by atoms with Crippen molar-refractivity contribution in [2.45, 2.75) is 53.0 Å². The summed E-state index contributed by atoms with van der Waals surface area (Å²) in [6.07, 6.45) is 3.00. The second kappa shape index (κ2) is 6.42. The number of nitrogens with one attached hydrogen (secondary N) is 1. The smallest absolute Gasteiger partial charge is 0.135 e. The van der Waals surface area contributed by atoms with Crippen molar-refractivity contribution in [1.29, 1.82) is 0 Å². The first kappa shape index (κ1) is 16.4. The summed E-state index contributed by atoms with van der Waals surface area (Å²) in [5.74, 6) is 0.269. The maximum atomic E-state index is 11.7. The second-order valence-corrected chi connectivity index (χ2v) is 6.86. The minimum atomic E-state index is -0.00131. The van der Waals surface area contributed by atoms with Crippen LogP contribution in [-0.2, 0) is 11.2 Å². The molecule has 1 atom stereocenters. The zero-order chi connectivity index (χ0) is 16.3. The SMILES string of the molecule is CCC(=O)C(C)Cc1cnc2cc(NC(C)(C)C)ccc2n1. The molecule has 0 radical (unpaired) electrons. The molecule has 4 heteroatoms. The van der Waals surface area contributed by atoms with Gasteiger partial charge in [0.15, 0.2) is 0 Å². The van der Waals surface area contributed by atoms with Crippen LogP contribution in [0.25, 0.3) is 11.0 Å². The molecule has 1 aromatic heterocycles. The molecule has 2 rings (SSSR count). The van der Waals surface area contributed by atoms with Crippen LogP contribution in [0.1, 0.15) is 46.7 Å². The van der Waals surface area contributed by atoms with E-state index in [-0.39, 0.29) is 17.2 Å². The topological polar surface area (TPSA) is 54.9 Å². The minimum Gasteiger partial charge on any atom is -0.380 e. The number of anilines is 1. The van der Waals surface area contributed by atoms with Crippen molar-refractivity contribution in [3.05, 3.63) is 30.1 Å². The van der Waals surface area contributed by atoms with Crippen molar-refractivity contribution in [2.24, 2.45) is 5.92 Å². The maximum absolute atomic E-state index is 11.7. The number of hydrogen-bond donors (Lipinski definition) is 1. The van der Waals surface area contributed by atoms with Crippen LogP contribution in [0.5, 0.6) is 0 Å². The lowest BCUT2D eigenvalue weighted by molar-refractivity contribution is -0.122. The van der Waals surface area contributed by atoms with Crippen molar-refractivity contribution >= 4 is 22.5 Å². The van der Waals surface area contributed by atoms with Gasteiger partial charge in [-0.25, -0.2) is 4.98 Å². The van der Waals surface area contributed by atoms with E-state index in [4.69, 9.17) is 0 Å². The fourth-order valence-electron chi connectivity index (χ4n) is 2.43. The molecule has 22 heavy (non-hydrogen) atoms. The zero-order valence-electron chi connectivity index (χ0n) is 14.1. The molecule has 1 heterocycles. The zero-order valence-corrected chi connectivity index (χ0v) is 14.1. The lowest BCUT2D eigenvalue weighted by atomic mass is 9.99. The molecule has 1 aromatic carbocycles. The third-order valence-electron chi connectivity index (χ3n) is 3.52. The minimum absolute atomic E-state index is 0.00131. The molecule has 0 spiro atoms. The van der Waals surface area contributed by atoms with Gasteiger partial charge >= 0.3 is 0 Å². The quantitative estimate of drug-likeness (QED) is 0.906. The summed E-state index contributed by atoms with van der Waals surface area (Å²) < 4.78 is 0. The molecule has 0 saturated carbocycles. The Balaban J connectivity index is 2.21. The summed E-state index contributed by atoms with van der Waals surface area (Å²) in [6.45, 7) is 10.2. The number of rotatable bonds is 5. The van der Waals surface area contributed by atoms with Gasteiger partial charge in [0, 0.05) is 36.2 Å². The van der Waals surface area contributed by atoms with Gasteiger partial charge in [-0.2, -0.15) is 0 Å². The summed E-state index contributed by atoms with van der Waals surface area (Å²) in [5, 5.41) is 3.43. The largest absolute Gasteiger partial charge is 0.380 e. The Morgan fingerprint density at radius 1 is 1.27 bits per heavy atom. The van der Waals surface area contributed by atoms with E-state index in [1.54, 1.807) is 6.20 Å². The Hall–Kier alpha value is -1.97.